The second-order valence-corrected chi connectivity index (χ2v) is 2.92. The molecule has 0 aliphatic rings. The fourth-order valence-electron chi connectivity index (χ4n) is 0.783. The average Bonchev–Trinajstić information content (AvgIpc) is 2.13. The Labute approximate surface area is 100 Å². The Morgan fingerprint density at radius 1 is 1.13 bits per heavy atom. The normalized spacial score (nSPS) is 8.33. The summed E-state index contributed by atoms with van der Waals surface area (Å²) in [6, 6.07) is 2.26. The van der Waals surface area contributed by atoms with Gasteiger partial charge in [0.25, 0.3) is 0 Å². The van der Waals surface area contributed by atoms with Crippen LogP contribution < -0.4 is 0 Å². The summed E-state index contributed by atoms with van der Waals surface area (Å²) in [5.41, 5.74) is -0.169. The monoisotopic (exact) mass is 414 g/mol. The van der Waals surface area contributed by atoms with Crippen molar-refractivity contribution in [3.63, 3.8) is 0 Å². The second kappa shape index (κ2) is 6.39. The summed E-state index contributed by atoms with van der Waals surface area (Å²) >= 11 is 0.386. The van der Waals surface area contributed by atoms with Crippen LogP contribution in [0, 0.1) is 0 Å². The van der Waals surface area contributed by atoms with Crippen molar-refractivity contribution in [2.45, 2.75) is 0 Å². The van der Waals surface area contributed by atoms with Crippen LogP contribution in [0.25, 0.3) is 0 Å². The molecule has 0 saturated carbocycles. The van der Waals surface area contributed by atoms with E-state index in [-0.39, 0.29) is 16.5 Å². The minimum atomic E-state index is -0.735. The summed E-state index contributed by atoms with van der Waals surface area (Å²) in [4.78, 5) is 11.0. The van der Waals surface area contributed by atoms with Crippen molar-refractivity contribution in [3.8, 4) is 17.2 Å². The first-order valence-electron chi connectivity index (χ1n) is 3.17. The Morgan fingerprint density at radius 2 is 1.67 bits per heavy atom. The molecule has 1 rings (SSSR count). The van der Waals surface area contributed by atoms with Crippen LogP contribution in [-0.4, -0.2) is 57.4 Å². The van der Waals surface area contributed by atoms with Crippen molar-refractivity contribution >= 4 is 31.1 Å². The van der Waals surface area contributed by atoms with Crippen molar-refractivity contribution < 1.29 is 33.9 Å². The number of benzene rings is 1. The Kier molecular flexibility index (Phi) is 6.96. The van der Waals surface area contributed by atoms with Crippen molar-refractivity contribution in [3.05, 3.63) is 17.7 Å². The Bertz CT molecular complexity index is 351. The van der Waals surface area contributed by atoms with Gasteiger partial charge in [0.1, 0.15) is 0 Å². The average molecular weight is 414 g/mol. The quantitative estimate of drug-likeness (QED) is 0.374. The van der Waals surface area contributed by atoms with Crippen LogP contribution in [0.4, 0.5) is 0 Å². The van der Waals surface area contributed by atoms with Crippen molar-refractivity contribution in [2.24, 2.45) is 0 Å². The number of carbonyl (C=O) groups is 1. The first-order valence-corrected chi connectivity index (χ1v) is 4.59. The molecular formula is C7H9BiO7. The van der Waals surface area contributed by atoms with E-state index >= 15 is 0 Å². The van der Waals surface area contributed by atoms with E-state index in [0.717, 1.165) is 6.07 Å². The van der Waals surface area contributed by atoms with Gasteiger partial charge in [0.05, 0.1) is 0 Å². The van der Waals surface area contributed by atoms with Crippen LogP contribution in [0.3, 0.4) is 0 Å². The number of phenols is 3. The number of aromatic hydroxyl groups is 3. The van der Waals surface area contributed by atoms with Crippen molar-refractivity contribution in [1.82, 2.24) is 0 Å². The fraction of sp³-hybridized carbons (Fsp3) is 0. The third kappa shape index (κ3) is 3.19. The molecule has 0 atom stereocenters. The molecule has 1 aromatic carbocycles. The van der Waals surface area contributed by atoms with Gasteiger partial charge in [-0.05, 0) is 0 Å². The summed E-state index contributed by atoms with van der Waals surface area (Å²) < 4.78 is 4.43. The van der Waals surface area contributed by atoms with Crippen molar-refractivity contribution in [1.29, 1.82) is 0 Å². The molecule has 1 aromatic rings. The zero-order valence-corrected chi connectivity index (χ0v) is 10.7. The van der Waals surface area contributed by atoms with Gasteiger partial charge in [0, 0.05) is 0 Å². The van der Waals surface area contributed by atoms with E-state index in [1.165, 1.54) is 6.07 Å². The molecule has 0 aromatic heterocycles. The molecule has 0 spiro atoms. The number of phenolic OH excluding ortho intramolecular Hbond substituents is 3. The number of hydrogen-bond acceptors (Lipinski definition) is 5. The van der Waals surface area contributed by atoms with E-state index in [9.17, 15) is 9.90 Å². The van der Waals surface area contributed by atoms with Gasteiger partial charge in [-0.3, -0.25) is 0 Å². The summed E-state index contributed by atoms with van der Waals surface area (Å²) in [7, 11) is 0. The van der Waals surface area contributed by atoms with E-state index in [4.69, 9.17) is 10.2 Å². The summed E-state index contributed by atoms with van der Waals surface area (Å²) in [6.45, 7) is 0. The van der Waals surface area contributed by atoms with Gasteiger partial charge < -0.3 is 11.0 Å². The van der Waals surface area contributed by atoms with E-state index in [2.05, 4.69) is 2.81 Å². The van der Waals surface area contributed by atoms with Crippen LogP contribution in [0.2, 0.25) is 0 Å². The van der Waals surface area contributed by atoms with Gasteiger partial charge >= 0.3 is 89.0 Å². The summed E-state index contributed by atoms with van der Waals surface area (Å²) in [6.07, 6.45) is 0. The molecule has 0 aliphatic carbocycles. The third-order valence-corrected chi connectivity index (χ3v) is 2.08. The van der Waals surface area contributed by atoms with Gasteiger partial charge in [-0.2, -0.15) is 0 Å². The van der Waals surface area contributed by atoms with E-state index in [1.54, 1.807) is 0 Å². The summed E-state index contributed by atoms with van der Waals surface area (Å²) in [5, 5.41) is 27.1. The second-order valence-electron chi connectivity index (χ2n) is 2.21. The van der Waals surface area contributed by atoms with Crippen LogP contribution >= 0.6 is 0 Å². The Balaban J connectivity index is 0. The van der Waals surface area contributed by atoms with Crippen LogP contribution in [0.1, 0.15) is 10.4 Å². The predicted molar refractivity (Wildman–Crippen MR) is 49.8 cm³/mol. The predicted octanol–water partition coefficient (Wildman–Crippen LogP) is -1.61. The number of carbonyl (C=O) groups excluding carboxylic acids is 1. The maximum atomic E-state index is 11.0. The molecule has 0 aliphatic heterocycles. The Morgan fingerprint density at radius 3 is 2.13 bits per heavy atom. The molecule has 0 unspecified atom stereocenters. The minimum absolute atomic E-state index is 0. The van der Waals surface area contributed by atoms with Crippen LogP contribution in [-0.2, 0) is 2.81 Å². The molecule has 7 nitrogen and oxygen atoms in total. The van der Waals surface area contributed by atoms with E-state index < -0.39 is 23.2 Å². The molecule has 7 N–H and O–H groups in total. The SMILES string of the molecule is O.O.O=C([O][Bi])c1ccc(O)c(O)c1O. The molecule has 8 heteroatoms. The molecule has 0 bridgehead atoms. The zero-order chi connectivity index (χ0) is 10.0. The number of hydrogen-bond donors (Lipinski definition) is 3. The van der Waals surface area contributed by atoms with Gasteiger partial charge in [0.2, 0.25) is 0 Å². The van der Waals surface area contributed by atoms with Crippen LogP contribution in [0.15, 0.2) is 12.1 Å². The molecule has 0 fully saturated rings. The van der Waals surface area contributed by atoms with E-state index in [0.29, 0.717) is 25.2 Å². The van der Waals surface area contributed by atoms with Gasteiger partial charge in [-0.25, -0.2) is 0 Å². The first kappa shape index (κ1) is 16.3. The zero-order valence-electron chi connectivity index (χ0n) is 7.26. The maximum absolute atomic E-state index is 11.0. The van der Waals surface area contributed by atoms with Gasteiger partial charge in [-0.15, -0.1) is 0 Å². The molecule has 15 heavy (non-hydrogen) atoms. The molecule has 0 saturated heterocycles. The van der Waals surface area contributed by atoms with Gasteiger partial charge in [-0.1, -0.05) is 0 Å². The Hall–Kier alpha value is -1.11. The molecule has 84 valence electrons. The van der Waals surface area contributed by atoms with E-state index in [1.807, 2.05) is 0 Å². The first-order chi connectivity index (χ1) is 6.07. The topological polar surface area (TPSA) is 150 Å². The van der Waals surface area contributed by atoms with Crippen LogP contribution in [0.5, 0.6) is 17.2 Å². The third-order valence-electron chi connectivity index (χ3n) is 1.43. The molecular weight excluding hydrogens is 405 g/mol. The molecule has 0 amide bonds. The molecule has 0 heterocycles. The fourth-order valence-corrected chi connectivity index (χ4v) is 1.17. The summed E-state index contributed by atoms with van der Waals surface area (Å²) in [5.74, 6) is -2.61. The van der Waals surface area contributed by atoms with Crippen molar-refractivity contribution in [2.75, 3.05) is 0 Å². The van der Waals surface area contributed by atoms with Gasteiger partial charge in [0.15, 0.2) is 0 Å². The molecule has 2 radical (unpaired) electrons. The number of rotatable bonds is 1. The standard InChI is InChI=1S/C7H6O5.Bi.2H2O/c8-4-2-1-3(7(11)12)5(9)6(4)10;;;/h1-2,8-10H,(H,11,12);;2*1H2/q;+1;;/p-1.